The van der Waals surface area contributed by atoms with Crippen LogP contribution in [0, 0.1) is 0 Å². The predicted octanol–water partition coefficient (Wildman–Crippen LogP) is 4.28. The van der Waals surface area contributed by atoms with E-state index in [2.05, 4.69) is 4.74 Å². The highest BCUT2D eigenvalue weighted by Gasteiger charge is 2.33. The Balaban J connectivity index is 1.80. The second-order valence-corrected chi connectivity index (χ2v) is 7.23. The summed E-state index contributed by atoms with van der Waals surface area (Å²) in [6.45, 7) is 2.50. The summed E-state index contributed by atoms with van der Waals surface area (Å²) in [6, 6.07) is 14.1. The van der Waals surface area contributed by atoms with E-state index in [9.17, 15) is 9.59 Å². The van der Waals surface area contributed by atoms with Gasteiger partial charge in [-0.05, 0) is 55.0 Å². The molecule has 1 saturated heterocycles. The fraction of sp³-hybridized carbons (Fsp3) is 0.150. The number of benzene rings is 2. The summed E-state index contributed by atoms with van der Waals surface area (Å²) < 4.78 is 10.6. The SMILES string of the molecule is CCOc1ccc(N2C(=O)C(=Cc3ccc(C(=O)OC)cc3)SC2=S)cc1. The molecule has 1 aliphatic rings. The van der Waals surface area contributed by atoms with Crippen molar-refractivity contribution in [3.63, 3.8) is 0 Å². The van der Waals surface area contributed by atoms with Gasteiger partial charge in [0.25, 0.3) is 5.91 Å². The van der Waals surface area contributed by atoms with Crippen molar-refractivity contribution in [1.82, 2.24) is 0 Å². The van der Waals surface area contributed by atoms with Crippen molar-refractivity contribution in [2.24, 2.45) is 0 Å². The molecule has 0 radical (unpaired) electrons. The number of nitrogens with zero attached hydrogens (tertiary/aromatic N) is 1. The number of anilines is 1. The summed E-state index contributed by atoms with van der Waals surface area (Å²) in [7, 11) is 1.34. The molecule has 5 nitrogen and oxygen atoms in total. The highest BCUT2D eigenvalue weighted by molar-refractivity contribution is 8.27. The third kappa shape index (κ3) is 4.20. The second kappa shape index (κ2) is 8.37. The van der Waals surface area contributed by atoms with Gasteiger partial charge in [0.15, 0.2) is 4.32 Å². The van der Waals surface area contributed by atoms with Crippen molar-refractivity contribution in [2.75, 3.05) is 18.6 Å². The van der Waals surface area contributed by atoms with Crippen LogP contribution in [0.5, 0.6) is 5.75 Å². The van der Waals surface area contributed by atoms with Crippen LogP contribution in [0.15, 0.2) is 53.4 Å². The minimum Gasteiger partial charge on any atom is -0.494 e. The van der Waals surface area contributed by atoms with Crippen LogP contribution in [-0.2, 0) is 9.53 Å². The molecule has 0 unspecified atom stereocenters. The largest absolute Gasteiger partial charge is 0.494 e. The third-order valence-electron chi connectivity index (χ3n) is 3.83. The normalized spacial score (nSPS) is 15.3. The van der Waals surface area contributed by atoms with Crippen LogP contribution in [0.4, 0.5) is 5.69 Å². The molecule has 1 fully saturated rings. The Morgan fingerprint density at radius 1 is 1.15 bits per heavy atom. The fourth-order valence-corrected chi connectivity index (χ4v) is 3.83. The van der Waals surface area contributed by atoms with Gasteiger partial charge in [0, 0.05) is 0 Å². The molecule has 0 aliphatic carbocycles. The highest BCUT2D eigenvalue weighted by Crippen LogP contribution is 2.36. The maximum Gasteiger partial charge on any atom is 0.337 e. The summed E-state index contributed by atoms with van der Waals surface area (Å²) in [4.78, 5) is 26.3. The van der Waals surface area contributed by atoms with E-state index >= 15 is 0 Å². The molecule has 0 aromatic heterocycles. The van der Waals surface area contributed by atoms with Crippen LogP contribution < -0.4 is 9.64 Å². The fourth-order valence-electron chi connectivity index (χ4n) is 2.53. The molecule has 1 heterocycles. The number of ether oxygens (including phenoxy) is 2. The number of carbonyl (C=O) groups is 2. The van der Waals surface area contributed by atoms with Crippen molar-refractivity contribution in [3.8, 4) is 5.75 Å². The first-order chi connectivity index (χ1) is 13.0. The topological polar surface area (TPSA) is 55.8 Å². The number of amides is 1. The molecule has 3 rings (SSSR count). The third-order valence-corrected chi connectivity index (χ3v) is 5.13. The minimum absolute atomic E-state index is 0.175. The van der Waals surface area contributed by atoms with E-state index in [4.69, 9.17) is 17.0 Å². The number of esters is 1. The van der Waals surface area contributed by atoms with E-state index in [1.807, 2.05) is 31.2 Å². The van der Waals surface area contributed by atoms with Crippen LogP contribution in [0.25, 0.3) is 6.08 Å². The standard InChI is InChI=1S/C20H17NO4S2/c1-3-25-16-10-8-15(9-11-16)21-18(22)17(27-20(21)26)12-13-4-6-14(7-5-13)19(23)24-2/h4-12H,3H2,1-2H3. The molecule has 2 aromatic carbocycles. The van der Waals surface area contributed by atoms with Crippen molar-refractivity contribution < 1.29 is 19.1 Å². The van der Waals surface area contributed by atoms with Crippen LogP contribution in [0.2, 0.25) is 0 Å². The Morgan fingerprint density at radius 3 is 2.41 bits per heavy atom. The van der Waals surface area contributed by atoms with Crippen LogP contribution >= 0.6 is 24.0 Å². The van der Waals surface area contributed by atoms with E-state index in [-0.39, 0.29) is 5.91 Å². The number of carbonyl (C=O) groups excluding carboxylic acids is 2. The van der Waals surface area contributed by atoms with Gasteiger partial charge in [-0.2, -0.15) is 0 Å². The molecule has 7 heteroatoms. The molecule has 0 spiro atoms. The van der Waals surface area contributed by atoms with Crippen molar-refractivity contribution >= 4 is 51.9 Å². The molecule has 0 bridgehead atoms. The van der Waals surface area contributed by atoms with E-state index in [0.29, 0.717) is 27.1 Å². The zero-order chi connectivity index (χ0) is 19.4. The Hall–Kier alpha value is -2.64. The first-order valence-corrected chi connectivity index (χ1v) is 9.45. The lowest BCUT2D eigenvalue weighted by Crippen LogP contribution is -2.27. The second-order valence-electron chi connectivity index (χ2n) is 5.56. The number of methoxy groups -OCH3 is 1. The zero-order valence-electron chi connectivity index (χ0n) is 14.8. The molecule has 27 heavy (non-hydrogen) atoms. The lowest BCUT2D eigenvalue weighted by molar-refractivity contribution is -0.113. The molecule has 1 amide bonds. The lowest BCUT2D eigenvalue weighted by Gasteiger charge is -2.15. The Kier molecular flexibility index (Phi) is 5.93. The molecular weight excluding hydrogens is 382 g/mol. The lowest BCUT2D eigenvalue weighted by atomic mass is 10.1. The minimum atomic E-state index is -0.400. The number of hydrogen-bond acceptors (Lipinski definition) is 6. The van der Waals surface area contributed by atoms with Gasteiger partial charge in [-0.15, -0.1) is 0 Å². The Bertz CT molecular complexity index is 905. The average Bonchev–Trinajstić information content (AvgIpc) is 2.96. The van der Waals surface area contributed by atoms with Gasteiger partial charge in [-0.1, -0.05) is 36.1 Å². The van der Waals surface area contributed by atoms with E-state index in [1.54, 1.807) is 30.3 Å². The summed E-state index contributed by atoms with van der Waals surface area (Å²) in [5, 5.41) is 0. The molecule has 2 aromatic rings. The average molecular weight is 399 g/mol. The summed E-state index contributed by atoms with van der Waals surface area (Å²) >= 11 is 6.63. The van der Waals surface area contributed by atoms with Gasteiger partial charge in [-0.25, -0.2) is 4.79 Å². The number of hydrogen-bond donors (Lipinski definition) is 0. The first kappa shape index (κ1) is 19.1. The van der Waals surface area contributed by atoms with Crippen LogP contribution in [0.1, 0.15) is 22.8 Å². The van der Waals surface area contributed by atoms with Crippen molar-refractivity contribution in [1.29, 1.82) is 0 Å². The first-order valence-electron chi connectivity index (χ1n) is 8.22. The monoisotopic (exact) mass is 399 g/mol. The molecule has 0 N–H and O–H groups in total. The van der Waals surface area contributed by atoms with E-state index in [1.165, 1.54) is 23.8 Å². The van der Waals surface area contributed by atoms with Crippen molar-refractivity contribution in [3.05, 3.63) is 64.6 Å². The highest BCUT2D eigenvalue weighted by atomic mass is 32.2. The molecule has 0 atom stereocenters. The quantitative estimate of drug-likeness (QED) is 0.425. The smallest absolute Gasteiger partial charge is 0.337 e. The van der Waals surface area contributed by atoms with Gasteiger partial charge in [0.1, 0.15) is 5.75 Å². The number of thioether (sulfide) groups is 1. The van der Waals surface area contributed by atoms with Gasteiger partial charge < -0.3 is 9.47 Å². The maximum absolute atomic E-state index is 12.8. The molecule has 138 valence electrons. The van der Waals surface area contributed by atoms with Gasteiger partial charge >= 0.3 is 5.97 Å². The maximum atomic E-state index is 12.8. The Morgan fingerprint density at radius 2 is 1.81 bits per heavy atom. The summed E-state index contributed by atoms with van der Waals surface area (Å²) in [5.74, 6) is 0.169. The predicted molar refractivity (Wildman–Crippen MR) is 111 cm³/mol. The van der Waals surface area contributed by atoms with Gasteiger partial charge in [-0.3, -0.25) is 9.69 Å². The zero-order valence-corrected chi connectivity index (χ0v) is 16.4. The number of thiocarbonyl (C=S) groups is 1. The van der Waals surface area contributed by atoms with Gasteiger partial charge in [0.05, 0.1) is 29.9 Å². The molecular formula is C20H17NO4S2. The van der Waals surface area contributed by atoms with E-state index in [0.717, 1.165) is 11.3 Å². The molecule has 1 aliphatic heterocycles. The number of rotatable bonds is 5. The van der Waals surface area contributed by atoms with Crippen LogP contribution in [-0.4, -0.2) is 29.9 Å². The van der Waals surface area contributed by atoms with Gasteiger partial charge in [0.2, 0.25) is 0 Å². The summed E-state index contributed by atoms with van der Waals surface area (Å²) in [5.41, 5.74) is 1.96. The van der Waals surface area contributed by atoms with Crippen molar-refractivity contribution in [2.45, 2.75) is 6.92 Å². The summed E-state index contributed by atoms with van der Waals surface area (Å²) in [6.07, 6.45) is 1.76. The Labute approximate surface area is 167 Å². The van der Waals surface area contributed by atoms with E-state index < -0.39 is 5.97 Å². The van der Waals surface area contributed by atoms with Crippen LogP contribution in [0.3, 0.4) is 0 Å². The molecule has 0 saturated carbocycles.